The molecular weight excluding hydrogens is 293 g/mol. The van der Waals surface area contributed by atoms with E-state index in [-0.39, 0.29) is 5.95 Å². The van der Waals surface area contributed by atoms with E-state index in [1.54, 1.807) is 18.2 Å². The minimum absolute atomic E-state index is 0.158. The monoisotopic (exact) mass is 299 g/mol. The fourth-order valence-electron chi connectivity index (χ4n) is 1.08. The van der Waals surface area contributed by atoms with Crippen molar-refractivity contribution in [3.8, 4) is 11.6 Å². The summed E-state index contributed by atoms with van der Waals surface area (Å²) in [5.41, 5.74) is 5.43. The molecule has 0 bridgehead atoms. The highest BCUT2D eigenvalue weighted by molar-refractivity contribution is 9.10. The van der Waals surface area contributed by atoms with Gasteiger partial charge in [0.05, 0.1) is 5.02 Å². The average Bonchev–Trinajstić information content (AvgIpc) is 2.22. The number of hydrogen-bond acceptors (Lipinski definition) is 4. The maximum atomic E-state index is 5.99. The van der Waals surface area contributed by atoms with Crippen LogP contribution in [0.5, 0.6) is 11.6 Å². The molecule has 1 aromatic carbocycles. The number of nitrogen functional groups attached to an aromatic ring is 1. The summed E-state index contributed by atoms with van der Waals surface area (Å²) in [7, 11) is 0. The quantitative estimate of drug-likeness (QED) is 0.924. The predicted octanol–water partition coefficient (Wildman–Crippen LogP) is 3.27. The van der Waals surface area contributed by atoms with Gasteiger partial charge in [-0.1, -0.05) is 27.5 Å². The van der Waals surface area contributed by atoms with Crippen molar-refractivity contribution in [3.63, 3.8) is 0 Å². The summed E-state index contributed by atoms with van der Waals surface area (Å²) in [6, 6.07) is 6.91. The minimum Gasteiger partial charge on any atom is -0.437 e. The number of hydrogen-bond donors (Lipinski definition) is 1. The summed E-state index contributed by atoms with van der Waals surface area (Å²) >= 11 is 9.30. The Labute approximate surface area is 106 Å². The van der Waals surface area contributed by atoms with Crippen molar-refractivity contribution in [2.45, 2.75) is 0 Å². The van der Waals surface area contributed by atoms with E-state index in [4.69, 9.17) is 22.1 Å². The molecule has 2 rings (SSSR count). The van der Waals surface area contributed by atoms with Crippen LogP contribution in [0.1, 0.15) is 0 Å². The van der Waals surface area contributed by atoms with Crippen LogP contribution in [0.15, 0.2) is 34.9 Å². The second-order valence-electron chi connectivity index (χ2n) is 2.93. The van der Waals surface area contributed by atoms with Crippen LogP contribution in [-0.2, 0) is 0 Å². The van der Waals surface area contributed by atoms with E-state index in [1.807, 2.05) is 6.07 Å². The van der Waals surface area contributed by atoms with Gasteiger partial charge < -0.3 is 10.5 Å². The van der Waals surface area contributed by atoms with E-state index in [2.05, 4.69) is 25.9 Å². The molecule has 2 aromatic rings. The third kappa shape index (κ3) is 2.62. The Kier molecular flexibility index (Phi) is 3.26. The highest BCUT2D eigenvalue weighted by atomic mass is 79.9. The zero-order valence-corrected chi connectivity index (χ0v) is 10.4. The minimum atomic E-state index is 0.158. The van der Waals surface area contributed by atoms with Crippen LogP contribution in [-0.4, -0.2) is 9.97 Å². The number of ether oxygens (including phenoxy) is 1. The fraction of sp³-hybridized carbons (Fsp3) is 0. The highest BCUT2D eigenvalue weighted by Gasteiger charge is 2.04. The largest absolute Gasteiger partial charge is 0.437 e. The van der Waals surface area contributed by atoms with E-state index < -0.39 is 0 Å². The number of nitrogens with zero attached hydrogens (tertiary/aromatic N) is 2. The number of nitrogens with two attached hydrogens (primary N) is 1. The lowest BCUT2D eigenvalue weighted by Crippen LogP contribution is -1.96. The molecule has 6 heteroatoms. The van der Waals surface area contributed by atoms with E-state index in [9.17, 15) is 0 Å². The lowest BCUT2D eigenvalue weighted by atomic mass is 10.3. The van der Waals surface area contributed by atoms with Crippen molar-refractivity contribution in [1.29, 1.82) is 0 Å². The maximum absolute atomic E-state index is 5.99. The first-order valence-corrected chi connectivity index (χ1v) is 5.53. The molecule has 2 N–H and O–H groups in total. The van der Waals surface area contributed by atoms with Gasteiger partial charge in [0.15, 0.2) is 0 Å². The summed E-state index contributed by atoms with van der Waals surface area (Å²) in [5.74, 6) is 1.03. The van der Waals surface area contributed by atoms with E-state index >= 15 is 0 Å². The molecule has 0 aliphatic carbocycles. The maximum Gasteiger partial charge on any atom is 0.224 e. The summed E-state index contributed by atoms with van der Waals surface area (Å²) in [4.78, 5) is 7.67. The number of anilines is 1. The average molecular weight is 301 g/mol. The zero-order chi connectivity index (χ0) is 11.5. The number of halogens is 2. The Morgan fingerprint density at radius 1 is 1.31 bits per heavy atom. The molecule has 1 aromatic heterocycles. The summed E-state index contributed by atoms with van der Waals surface area (Å²) in [6.45, 7) is 0. The molecular formula is C10H7BrClN3O. The SMILES string of the molecule is Nc1nccc(Oc2ccc(Br)cc2Cl)n1. The van der Waals surface area contributed by atoms with Gasteiger partial charge in [-0.3, -0.25) is 0 Å². The van der Waals surface area contributed by atoms with Crippen LogP contribution in [0.2, 0.25) is 5.02 Å². The molecule has 0 saturated carbocycles. The van der Waals surface area contributed by atoms with Crippen molar-refractivity contribution in [3.05, 3.63) is 40.0 Å². The van der Waals surface area contributed by atoms with Crippen LogP contribution >= 0.6 is 27.5 Å². The molecule has 0 atom stereocenters. The predicted molar refractivity (Wildman–Crippen MR) is 65.7 cm³/mol. The Morgan fingerprint density at radius 2 is 2.12 bits per heavy atom. The second-order valence-corrected chi connectivity index (χ2v) is 4.25. The van der Waals surface area contributed by atoms with E-state index in [0.717, 1.165) is 4.47 Å². The molecule has 0 unspecified atom stereocenters. The van der Waals surface area contributed by atoms with E-state index in [0.29, 0.717) is 16.7 Å². The van der Waals surface area contributed by atoms with Gasteiger partial charge in [0.1, 0.15) is 5.75 Å². The van der Waals surface area contributed by atoms with Crippen LogP contribution in [0.4, 0.5) is 5.95 Å². The topological polar surface area (TPSA) is 61.0 Å². The van der Waals surface area contributed by atoms with Crippen molar-refractivity contribution >= 4 is 33.5 Å². The summed E-state index contributed by atoms with van der Waals surface area (Å²) < 4.78 is 6.34. The second kappa shape index (κ2) is 4.67. The van der Waals surface area contributed by atoms with Crippen molar-refractivity contribution in [2.75, 3.05) is 5.73 Å². The van der Waals surface area contributed by atoms with Gasteiger partial charge >= 0.3 is 0 Å². The Morgan fingerprint density at radius 3 is 2.81 bits per heavy atom. The molecule has 82 valence electrons. The van der Waals surface area contributed by atoms with Crippen molar-refractivity contribution in [1.82, 2.24) is 9.97 Å². The molecule has 0 radical (unpaired) electrons. The number of aromatic nitrogens is 2. The smallest absolute Gasteiger partial charge is 0.224 e. The number of benzene rings is 1. The standard InChI is InChI=1S/C10H7BrClN3O/c11-6-1-2-8(7(12)5-6)16-9-3-4-14-10(13)15-9/h1-5H,(H2,13,14,15). The molecule has 0 spiro atoms. The molecule has 0 saturated heterocycles. The first-order chi connectivity index (χ1) is 7.65. The van der Waals surface area contributed by atoms with Gasteiger partial charge in [-0.25, -0.2) is 4.98 Å². The molecule has 0 amide bonds. The Bertz CT molecular complexity index is 521. The van der Waals surface area contributed by atoms with Crippen LogP contribution in [0, 0.1) is 0 Å². The molecule has 1 heterocycles. The third-order valence-corrected chi connectivity index (χ3v) is 2.55. The lowest BCUT2D eigenvalue weighted by Gasteiger charge is -2.06. The van der Waals surface area contributed by atoms with Crippen LogP contribution in [0.25, 0.3) is 0 Å². The summed E-state index contributed by atoms with van der Waals surface area (Å²) in [5, 5.41) is 0.492. The molecule has 0 aliphatic heterocycles. The van der Waals surface area contributed by atoms with Gasteiger partial charge in [0.25, 0.3) is 0 Å². The fourth-order valence-corrected chi connectivity index (χ4v) is 1.80. The van der Waals surface area contributed by atoms with Crippen molar-refractivity contribution in [2.24, 2.45) is 0 Å². The first-order valence-electron chi connectivity index (χ1n) is 4.36. The Balaban J connectivity index is 2.27. The summed E-state index contributed by atoms with van der Waals surface area (Å²) in [6.07, 6.45) is 1.52. The first kappa shape index (κ1) is 11.2. The number of rotatable bonds is 2. The van der Waals surface area contributed by atoms with Crippen LogP contribution in [0.3, 0.4) is 0 Å². The van der Waals surface area contributed by atoms with Gasteiger partial charge in [0, 0.05) is 16.7 Å². The molecule has 4 nitrogen and oxygen atoms in total. The van der Waals surface area contributed by atoms with Gasteiger partial charge in [-0.15, -0.1) is 0 Å². The van der Waals surface area contributed by atoms with Gasteiger partial charge in [-0.05, 0) is 18.2 Å². The third-order valence-electron chi connectivity index (χ3n) is 1.76. The molecule has 0 aliphatic rings. The van der Waals surface area contributed by atoms with Gasteiger partial charge in [0.2, 0.25) is 11.8 Å². The molecule has 16 heavy (non-hydrogen) atoms. The Hall–Kier alpha value is -1.33. The normalized spacial score (nSPS) is 10.1. The van der Waals surface area contributed by atoms with Gasteiger partial charge in [-0.2, -0.15) is 4.98 Å². The zero-order valence-electron chi connectivity index (χ0n) is 8.02. The lowest BCUT2D eigenvalue weighted by molar-refractivity contribution is 0.463. The molecule has 0 fully saturated rings. The van der Waals surface area contributed by atoms with Crippen LogP contribution < -0.4 is 10.5 Å². The van der Waals surface area contributed by atoms with E-state index in [1.165, 1.54) is 6.20 Å². The van der Waals surface area contributed by atoms with Crippen molar-refractivity contribution < 1.29 is 4.74 Å². The highest BCUT2D eigenvalue weighted by Crippen LogP contribution is 2.30.